The minimum atomic E-state index is -0.989. The summed E-state index contributed by atoms with van der Waals surface area (Å²) in [6.07, 6.45) is 5.45. The summed E-state index contributed by atoms with van der Waals surface area (Å²) in [6.45, 7) is 13.4. The monoisotopic (exact) mass is 610 g/mol. The molecule has 1 saturated heterocycles. The second-order valence-corrected chi connectivity index (χ2v) is 12.2. The zero-order valence-electron chi connectivity index (χ0n) is 25.8. The molecular weight excluding hydrogens is 568 g/mol. The van der Waals surface area contributed by atoms with E-state index in [0.29, 0.717) is 11.4 Å². The first-order valence-corrected chi connectivity index (χ1v) is 14.8. The number of nitrogens with zero attached hydrogens (tertiary/aromatic N) is 1. The van der Waals surface area contributed by atoms with E-state index in [1.807, 2.05) is 69.3 Å². The number of alkyl carbamates (subject to hydrolysis) is 1. The molecule has 2 amide bonds. The molecular formula is C34H43ClN2O6. The van der Waals surface area contributed by atoms with E-state index in [-0.39, 0.29) is 19.6 Å². The van der Waals surface area contributed by atoms with Gasteiger partial charge in [-0.15, -0.1) is 6.58 Å². The molecule has 8 nitrogen and oxygen atoms in total. The number of ether oxygens (including phenoxy) is 3. The lowest BCUT2D eigenvalue weighted by atomic mass is 9.85. The third-order valence-electron chi connectivity index (χ3n) is 7.84. The molecule has 1 aliphatic heterocycles. The second kappa shape index (κ2) is 14.7. The quantitative estimate of drug-likeness (QED) is 0.162. The molecule has 9 heteroatoms. The zero-order valence-corrected chi connectivity index (χ0v) is 26.5. The van der Waals surface area contributed by atoms with E-state index in [9.17, 15) is 14.4 Å². The van der Waals surface area contributed by atoms with Gasteiger partial charge in [0.1, 0.15) is 17.7 Å². The summed E-state index contributed by atoms with van der Waals surface area (Å²) >= 11 is 6.27. The van der Waals surface area contributed by atoms with Crippen molar-refractivity contribution in [3.63, 3.8) is 0 Å². The summed E-state index contributed by atoms with van der Waals surface area (Å²) in [5, 5.41) is 3.36. The average Bonchev–Trinajstić information content (AvgIpc) is 3.40. The predicted molar refractivity (Wildman–Crippen MR) is 170 cm³/mol. The van der Waals surface area contributed by atoms with Crippen LogP contribution in [-0.4, -0.2) is 62.3 Å². The molecule has 0 spiro atoms. The van der Waals surface area contributed by atoms with Crippen LogP contribution in [0.3, 0.4) is 0 Å². The number of carbonyl (C=O) groups excluding carboxylic acids is 3. The molecule has 1 heterocycles. The fraction of sp³-hybridized carbons (Fsp3) is 0.441. The van der Waals surface area contributed by atoms with Gasteiger partial charge in [0.05, 0.1) is 20.3 Å². The number of methoxy groups -OCH3 is 2. The highest BCUT2D eigenvalue weighted by molar-refractivity contribution is 6.31. The van der Waals surface area contributed by atoms with Crippen LogP contribution in [-0.2, 0) is 29.4 Å². The number of amides is 2. The SMILES string of the molecule is C=CCCCCOC(=O)N[C@H](C(=O)N1C[C@](OC)(c2ccc(-c3cc(Cl)ccc3C=C)cc2)C[C@H]1C(=O)OC)C(C)(C)C. The van der Waals surface area contributed by atoms with Crippen molar-refractivity contribution < 1.29 is 28.6 Å². The molecule has 1 N–H and O–H groups in total. The number of nitrogens with one attached hydrogen (secondary N) is 1. The van der Waals surface area contributed by atoms with E-state index in [1.54, 1.807) is 13.2 Å². The van der Waals surface area contributed by atoms with Gasteiger partial charge in [-0.1, -0.05) is 81.4 Å². The molecule has 43 heavy (non-hydrogen) atoms. The maximum atomic E-state index is 14.1. The Morgan fingerprint density at radius 3 is 2.40 bits per heavy atom. The molecule has 2 aromatic carbocycles. The van der Waals surface area contributed by atoms with Crippen LogP contribution < -0.4 is 5.32 Å². The number of rotatable bonds is 12. The van der Waals surface area contributed by atoms with Crippen molar-refractivity contribution in [2.24, 2.45) is 5.41 Å². The summed E-state index contributed by atoms with van der Waals surface area (Å²) in [4.78, 5) is 41.3. The average molecular weight is 611 g/mol. The van der Waals surface area contributed by atoms with E-state index >= 15 is 0 Å². The molecule has 232 valence electrons. The molecule has 3 atom stereocenters. The van der Waals surface area contributed by atoms with Gasteiger partial charge in [-0.05, 0) is 59.1 Å². The van der Waals surface area contributed by atoms with Crippen LogP contribution in [0.4, 0.5) is 4.79 Å². The number of allylic oxidation sites excluding steroid dienone is 1. The topological polar surface area (TPSA) is 94.2 Å². The van der Waals surface area contributed by atoms with Crippen LogP contribution in [0, 0.1) is 5.41 Å². The molecule has 0 bridgehead atoms. The lowest BCUT2D eigenvalue weighted by Gasteiger charge is -2.35. The Bertz CT molecular complexity index is 1320. The molecule has 0 saturated carbocycles. The van der Waals surface area contributed by atoms with Gasteiger partial charge in [0.15, 0.2) is 0 Å². The smallest absolute Gasteiger partial charge is 0.407 e. The van der Waals surface area contributed by atoms with Gasteiger partial charge in [0.25, 0.3) is 0 Å². The summed E-state index contributed by atoms with van der Waals surface area (Å²) in [7, 11) is 2.85. The maximum absolute atomic E-state index is 14.1. The van der Waals surface area contributed by atoms with Crippen molar-refractivity contribution in [3.8, 4) is 11.1 Å². The van der Waals surface area contributed by atoms with E-state index in [2.05, 4.69) is 18.5 Å². The summed E-state index contributed by atoms with van der Waals surface area (Å²) in [5.41, 5.74) is 1.93. The van der Waals surface area contributed by atoms with Gasteiger partial charge < -0.3 is 24.4 Å². The lowest BCUT2D eigenvalue weighted by Crippen LogP contribution is -2.57. The molecule has 3 rings (SSSR count). The standard InChI is InChI=1S/C34H43ClN2O6/c1-8-10-11-12-19-43-32(40)36-29(33(3,4)5)30(38)37-22-34(42-7,21-28(37)31(39)41-6)25-16-13-24(14-17-25)27-20-26(35)18-15-23(27)9-2/h8-9,13-18,20,28-29H,1-2,10-12,19,21-22H2,3-7H3,(H,36,40)/t28-,29+,34-/m0/s1. The Hall–Kier alpha value is -3.62. The molecule has 2 aromatic rings. The zero-order chi connectivity index (χ0) is 31.8. The Morgan fingerprint density at radius 1 is 1.12 bits per heavy atom. The molecule has 1 fully saturated rings. The predicted octanol–water partition coefficient (Wildman–Crippen LogP) is 6.76. The van der Waals surface area contributed by atoms with Crippen LogP contribution in [0.5, 0.6) is 0 Å². The van der Waals surface area contributed by atoms with Crippen LogP contribution >= 0.6 is 11.6 Å². The first-order chi connectivity index (χ1) is 20.4. The maximum Gasteiger partial charge on any atom is 0.407 e. The minimum Gasteiger partial charge on any atom is -0.467 e. The van der Waals surface area contributed by atoms with Crippen LogP contribution in [0.2, 0.25) is 5.02 Å². The second-order valence-electron chi connectivity index (χ2n) is 11.8. The normalized spacial score (nSPS) is 18.9. The van der Waals surface area contributed by atoms with Gasteiger partial charge >= 0.3 is 12.1 Å². The van der Waals surface area contributed by atoms with Crippen LogP contribution in [0.15, 0.2) is 61.7 Å². The summed E-state index contributed by atoms with van der Waals surface area (Å²) in [5.74, 6) is -0.979. The van der Waals surface area contributed by atoms with E-state index in [1.165, 1.54) is 12.0 Å². The van der Waals surface area contributed by atoms with E-state index in [0.717, 1.165) is 35.1 Å². The molecule has 0 aromatic heterocycles. The molecule has 0 unspecified atom stereocenters. The minimum absolute atomic E-state index is 0.0847. The first kappa shape index (κ1) is 33.9. The molecule has 0 aliphatic carbocycles. The van der Waals surface area contributed by atoms with Crippen molar-refractivity contribution in [2.45, 2.75) is 64.1 Å². The molecule has 0 radical (unpaired) electrons. The highest BCUT2D eigenvalue weighted by Crippen LogP contribution is 2.41. The fourth-order valence-corrected chi connectivity index (χ4v) is 5.54. The third kappa shape index (κ3) is 8.06. The lowest BCUT2D eigenvalue weighted by molar-refractivity contribution is -0.152. The third-order valence-corrected chi connectivity index (χ3v) is 8.08. The van der Waals surface area contributed by atoms with Crippen LogP contribution in [0.1, 0.15) is 57.6 Å². The number of hydrogen-bond donors (Lipinski definition) is 1. The highest BCUT2D eigenvalue weighted by atomic mass is 35.5. The number of unbranched alkanes of at least 4 members (excludes halogenated alkanes) is 2. The van der Waals surface area contributed by atoms with Gasteiger partial charge in [-0.25, -0.2) is 9.59 Å². The first-order valence-electron chi connectivity index (χ1n) is 14.4. The Balaban J connectivity index is 1.90. The van der Waals surface area contributed by atoms with Crippen molar-refractivity contribution in [3.05, 3.63) is 77.8 Å². The summed E-state index contributed by atoms with van der Waals surface area (Å²) < 4.78 is 16.5. The Kier molecular flexibility index (Phi) is 11.6. The number of hydrogen-bond acceptors (Lipinski definition) is 6. The number of carbonyl (C=O) groups is 3. The van der Waals surface area contributed by atoms with Gasteiger partial charge in [-0.2, -0.15) is 0 Å². The van der Waals surface area contributed by atoms with Gasteiger partial charge in [0.2, 0.25) is 5.91 Å². The van der Waals surface area contributed by atoms with Gasteiger partial charge in [0, 0.05) is 18.6 Å². The number of halogens is 1. The Morgan fingerprint density at radius 2 is 1.81 bits per heavy atom. The fourth-order valence-electron chi connectivity index (χ4n) is 5.37. The Labute approximate surface area is 260 Å². The van der Waals surface area contributed by atoms with Crippen molar-refractivity contribution in [1.82, 2.24) is 10.2 Å². The van der Waals surface area contributed by atoms with Gasteiger partial charge in [-0.3, -0.25) is 4.79 Å². The highest BCUT2D eigenvalue weighted by Gasteiger charge is 2.53. The van der Waals surface area contributed by atoms with Crippen molar-refractivity contribution in [1.29, 1.82) is 0 Å². The van der Waals surface area contributed by atoms with E-state index < -0.39 is 41.1 Å². The molecule has 1 aliphatic rings. The number of likely N-dealkylation sites (tertiary alicyclic amines) is 1. The van der Waals surface area contributed by atoms with Crippen molar-refractivity contribution in [2.75, 3.05) is 27.4 Å². The number of esters is 1. The summed E-state index contributed by atoms with van der Waals surface area (Å²) in [6, 6.07) is 11.5. The van der Waals surface area contributed by atoms with Crippen molar-refractivity contribution >= 4 is 35.6 Å². The van der Waals surface area contributed by atoms with Crippen LogP contribution in [0.25, 0.3) is 17.2 Å². The number of benzene rings is 2. The largest absolute Gasteiger partial charge is 0.467 e. The van der Waals surface area contributed by atoms with E-state index in [4.69, 9.17) is 25.8 Å².